The Kier molecular flexibility index (Phi) is 4.29. The van der Waals surface area contributed by atoms with Gasteiger partial charge in [0, 0.05) is 18.4 Å². The van der Waals surface area contributed by atoms with Crippen LogP contribution >= 0.6 is 11.8 Å². The minimum atomic E-state index is 0.685. The van der Waals surface area contributed by atoms with E-state index >= 15 is 0 Å². The maximum Gasteiger partial charge on any atom is 0.209 e. The Labute approximate surface area is 132 Å². The van der Waals surface area contributed by atoms with Crippen molar-refractivity contribution in [1.29, 1.82) is 0 Å². The number of nitrogens with zero attached hydrogens (tertiary/aromatic N) is 4. The van der Waals surface area contributed by atoms with Gasteiger partial charge in [-0.25, -0.2) is 4.68 Å². The molecule has 0 unspecified atom stereocenters. The summed E-state index contributed by atoms with van der Waals surface area (Å²) in [5.41, 5.74) is 4.11. The van der Waals surface area contributed by atoms with E-state index in [2.05, 4.69) is 33.7 Å². The molecule has 0 radical (unpaired) electrons. The molecule has 1 heterocycles. The Bertz CT molecular complexity index is 783. The van der Waals surface area contributed by atoms with E-state index in [1.165, 1.54) is 5.56 Å². The van der Waals surface area contributed by atoms with Crippen molar-refractivity contribution in [1.82, 2.24) is 20.2 Å². The Morgan fingerprint density at radius 1 is 1.14 bits per heavy atom. The molecule has 0 aliphatic heterocycles. The number of carbonyl (C=O) groups excluding carboxylic acids is 1. The highest BCUT2D eigenvalue weighted by atomic mass is 32.2. The van der Waals surface area contributed by atoms with Crippen LogP contribution in [-0.2, 0) is 12.8 Å². The summed E-state index contributed by atoms with van der Waals surface area (Å²) in [6, 6.07) is 15.9. The summed E-state index contributed by atoms with van der Waals surface area (Å²) < 4.78 is 1.66. The van der Waals surface area contributed by atoms with E-state index in [1.54, 1.807) is 16.4 Å². The van der Waals surface area contributed by atoms with Gasteiger partial charge in [-0.3, -0.25) is 4.79 Å². The lowest BCUT2D eigenvalue weighted by Gasteiger charge is -2.05. The number of aryl methyl sites for hydroxylation is 1. The minimum Gasteiger partial charge on any atom is -0.298 e. The summed E-state index contributed by atoms with van der Waals surface area (Å²) in [6.45, 7) is 0. The topological polar surface area (TPSA) is 60.7 Å². The molecule has 0 fully saturated rings. The SMILES string of the molecule is Cn1nnnc1SCc1cccc(-c2ccc(C=O)cc2)c1. The molecule has 1 aromatic heterocycles. The fourth-order valence-electron chi connectivity index (χ4n) is 2.09. The molecular formula is C16H14N4OS. The van der Waals surface area contributed by atoms with Crippen LogP contribution in [0.5, 0.6) is 0 Å². The maximum absolute atomic E-state index is 10.7. The molecule has 0 spiro atoms. The first-order valence-corrected chi connectivity index (χ1v) is 7.74. The Balaban J connectivity index is 1.77. The van der Waals surface area contributed by atoms with E-state index in [9.17, 15) is 4.79 Å². The van der Waals surface area contributed by atoms with Gasteiger partial charge in [0.15, 0.2) is 0 Å². The van der Waals surface area contributed by atoms with Gasteiger partial charge in [-0.2, -0.15) is 0 Å². The van der Waals surface area contributed by atoms with Crippen LogP contribution in [0, 0.1) is 0 Å². The number of benzene rings is 2. The van der Waals surface area contributed by atoms with Crippen molar-refractivity contribution < 1.29 is 4.79 Å². The van der Waals surface area contributed by atoms with Crippen LogP contribution in [0.3, 0.4) is 0 Å². The predicted molar refractivity (Wildman–Crippen MR) is 85.6 cm³/mol. The zero-order chi connectivity index (χ0) is 15.4. The molecule has 0 aliphatic carbocycles. The van der Waals surface area contributed by atoms with E-state index < -0.39 is 0 Å². The van der Waals surface area contributed by atoms with Crippen molar-refractivity contribution in [3.05, 3.63) is 59.7 Å². The number of hydrogen-bond donors (Lipinski definition) is 0. The molecule has 6 heteroatoms. The lowest BCUT2D eigenvalue weighted by molar-refractivity contribution is 0.112. The van der Waals surface area contributed by atoms with E-state index in [4.69, 9.17) is 0 Å². The normalized spacial score (nSPS) is 10.6. The standard InChI is InChI=1S/C16H14N4OS/c1-20-16(17-18-19-20)22-11-13-3-2-4-15(9-13)14-7-5-12(10-21)6-8-14/h2-10H,11H2,1H3. The van der Waals surface area contributed by atoms with Crippen LogP contribution in [0.4, 0.5) is 0 Å². The van der Waals surface area contributed by atoms with E-state index in [-0.39, 0.29) is 0 Å². The smallest absolute Gasteiger partial charge is 0.209 e. The molecule has 0 saturated carbocycles. The van der Waals surface area contributed by atoms with E-state index in [0.29, 0.717) is 5.56 Å². The van der Waals surface area contributed by atoms with Crippen LogP contribution in [0.25, 0.3) is 11.1 Å². The number of hydrogen-bond acceptors (Lipinski definition) is 5. The Morgan fingerprint density at radius 3 is 2.64 bits per heavy atom. The molecule has 0 atom stereocenters. The van der Waals surface area contributed by atoms with Crippen LogP contribution < -0.4 is 0 Å². The van der Waals surface area contributed by atoms with Gasteiger partial charge in [0.1, 0.15) is 6.29 Å². The summed E-state index contributed by atoms with van der Waals surface area (Å²) >= 11 is 1.60. The van der Waals surface area contributed by atoms with E-state index in [0.717, 1.165) is 28.3 Å². The molecule has 0 aliphatic rings. The molecule has 22 heavy (non-hydrogen) atoms. The van der Waals surface area contributed by atoms with Crippen molar-refractivity contribution in [3.63, 3.8) is 0 Å². The molecule has 2 aromatic carbocycles. The van der Waals surface area contributed by atoms with Gasteiger partial charge < -0.3 is 0 Å². The fourth-order valence-corrected chi connectivity index (χ4v) is 2.88. The van der Waals surface area contributed by atoms with Crippen molar-refractivity contribution in [2.75, 3.05) is 0 Å². The third-order valence-electron chi connectivity index (χ3n) is 3.26. The summed E-state index contributed by atoms with van der Waals surface area (Å²) in [7, 11) is 1.83. The van der Waals surface area contributed by atoms with Gasteiger partial charge in [0.2, 0.25) is 5.16 Å². The lowest BCUT2D eigenvalue weighted by Crippen LogP contribution is -1.93. The highest BCUT2D eigenvalue weighted by molar-refractivity contribution is 7.98. The molecule has 3 rings (SSSR count). The first-order chi connectivity index (χ1) is 10.8. The van der Waals surface area contributed by atoms with Crippen molar-refractivity contribution in [2.24, 2.45) is 7.05 Å². The molecule has 0 N–H and O–H groups in total. The van der Waals surface area contributed by atoms with Gasteiger partial charge in [0.05, 0.1) is 0 Å². The molecule has 3 aromatic rings. The lowest BCUT2D eigenvalue weighted by atomic mass is 10.0. The number of aromatic nitrogens is 4. The van der Waals surface area contributed by atoms with Crippen LogP contribution in [0.1, 0.15) is 15.9 Å². The van der Waals surface area contributed by atoms with Crippen LogP contribution in [0.2, 0.25) is 0 Å². The highest BCUT2D eigenvalue weighted by Gasteiger charge is 2.05. The number of aldehydes is 1. The number of tetrazole rings is 1. The summed E-state index contributed by atoms with van der Waals surface area (Å²) in [5.74, 6) is 0.800. The Morgan fingerprint density at radius 2 is 1.95 bits per heavy atom. The average molecular weight is 310 g/mol. The summed E-state index contributed by atoms with van der Waals surface area (Å²) in [5, 5.41) is 12.2. The third-order valence-corrected chi connectivity index (χ3v) is 4.34. The zero-order valence-electron chi connectivity index (χ0n) is 12.0. The summed E-state index contributed by atoms with van der Waals surface area (Å²) in [4.78, 5) is 10.7. The van der Waals surface area contributed by atoms with Crippen LogP contribution in [-0.4, -0.2) is 26.5 Å². The fraction of sp³-hybridized carbons (Fsp3) is 0.125. The molecule has 0 amide bonds. The first-order valence-electron chi connectivity index (χ1n) is 6.76. The molecule has 5 nitrogen and oxygen atoms in total. The van der Waals surface area contributed by atoms with E-state index in [1.807, 2.05) is 37.4 Å². The molecule has 0 bridgehead atoms. The molecule has 0 saturated heterocycles. The molecule has 110 valence electrons. The third kappa shape index (κ3) is 3.23. The quantitative estimate of drug-likeness (QED) is 0.535. The zero-order valence-corrected chi connectivity index (χ0v) is 12.8. The van der Waals surface area contributed by atoms with Gasteiger partial charge in [-0.1, -0.05) is 60.3 Å². The monoisotopic (exact) mass is 310 g/mol. The van der Waals surface area contributed by atoms with Gasteiger partial charge in [0.25, 0.3) is 0 Å². The first kappa shape index (κ1) is 14.5. The predicted octanol–water partition coefficient (Wildman–Crippen LogP) is 2.98. The Hall–Kier alpha value is -2.47. The second-order valence-electron chi connectivity index (χ2n) is 4.81. The van der Waals surface area contributed by atoms with Gasteiger partial charge >= 0.3 is 0 Å². The molecular weight excluding hydrogens is 296 g/mol. The number of carbonyl (C=O) groups is 1. The van der Waals surface area contributed by atoms with Gasteiger partial charge in [-0.15, -0.1) is 5.10 Å². The van der Waals surface area contributed by atoms with Crippen molar-refractivity contribution >= 4 is 18.0 Å². The number of thioether (sulfide) groups is 1. The number of rotatable bonds is 5. The van der Waals surface area contributed by atoms with Crippen molar-refractivity contribution in [2.45, 2.75) is 10.9 Å². The second kappa shape index (κ2) is 6.53. The largest absolute Gasteiger partial charge is 0.298 e. The maximum atomic E-state index is 10.7. The van der Waals surface area contributed by atoms with Crippen molar-refractivity contribution in [3.8, 4) is 11.1 Å². The van der Waals surface area contributed by atoms with Gasteiger partial charge in [-0.05, 0) is 27.1 Å². The summed E-state index contributed by atoms with van der Waals surface area (Å²) in [6.07, 6.45) is 0.853. The second-order valence-corrected chi connectivity index (χ2v) is 5.76. The average Bonchev–Trinajstić information content (AvgIpc) is 2.98. The highest BCUT2D eigenvalue weighted by Crippen LogP contribution is 2.24. The van der Waals surface area contributed by atoms with Crippen LogP contribution in [0.15, 0.2) is 53.7 Å². The minimum absolute atomic E-state index is 0.685.